The number of aryl methyl sites for hydroxylation is 2. The van der Waals surface area contributed by atoms with Crippen LogP contribution >= 0.6 is 11.3 Å². The molecule has 0 aliphatic carbocycles. The van der Waals surface area contributed by atoms with Crippen LogP contribution in [0, 0.1) is 12.3 Å². The van der Waals surface area contributed by atoms with Crippen molar-refractivity contribution in [1.82, 2.24) is 19.4 Å². The fourth-order valence-electron chi connectivity index (χ4n) is 5.08. The zero-order valence-corrected chi connectivity index (χ0v) is 19.1. The second-order valence-corrected chi connectivity index (χ2v) is 10.3. The number of likely N-dealkylation sites (tertiary alicyclic amines) is 1. The molecule has 4 aromatic rings. The number of anilines is 1. The minimum absolute atomic E-state index is 0.0723. The van der Waals surface area contributed by atoms with Gasteiger partial charge in [0.2, 0.25) is 0 Å². The molecule has 162 valence electrons. The average molecular weight is 444 g/mol. The van der Waals surface area contributed by atoms with Crippen LogP contribution in [-0.4, -0.2) is 45.6 Å². The molecule has 6 nitrogen and oxygen atoms in total. The van der Waals surface area contributed by atoms with E-state index in [0.717, 1.165) is 59.8 Å². The van der Waals surface area contributed by atoms with Crippen molar-refractivity contribution in [3.05, 3.63) is 75.9 Å². The summed E-state index contributed by atoms with van der Waals surface area (Å²) < 4.78 is 2.72. The van der Waals surface area contributed by atoms with Crippen molar-refractivity contribution in [2.75, 3.05) is 31.1 Å². The standard InChI is InChI=1S/C25H25N5OS/c1-17-3-4-18(9-27-17)12-29-13-25(14-29)15-30(16-25)21-7-20(10-26-11-21)19-5-6-22-23(8-19)32-24(31)28(22)2/h3-11H,12-16H2,1-2H3. The lowest BCUT2D eigenvalue weighted by Crippen LogP contribution is -2.71. The SMILES string of the molecule is Cc1ccc(CN2CC3(C2)CN(c2cncc(-c4ccc5c(c4)sc(=O)n5C)c2)C3)cn1. The van der Waals surface area contributed by atoms with Crippen LogP contribution in [0.4, 0.5) is 5.69 Å². The maximum Gasteiger partial charge on any atom is 0.307 e. The zero-order valence-electron chi connectivity index (χ0n) is 18.3. The van der Waals surface area contributed by atoms with E-state index in [4.69, 9.17) is 0 Å². The van der Waals surface area contributed by atoms with E-state index in [2.05, 4.69) is 50.1 Å². The molecule has 32 heavy (non-hydrogen) atoms. The first kappa shape index (κ1) is 19.6. The molecule has 7 heteroatoms. The van der Waals surface area contributed by atoms with E-state index < -0.39 is 0 Å². The molecule has 1 aromatic carbocycles. The number of aromatic nitrogens is 3. The molecule has 2 aliphatic rings. The summed E-state index contributed by atoms with van der Waals surface area (Å²) in [6.07, 6.45) is 5.87. The van der Waals surface area contributed by atoms with Crippen LogP contribution < -0.4 is 9.77 Å². The molecule has 0 bridgehead atoms. The topological polar surface area (TPSA) is 54.3 Å². The lowest BCUT2D eigenvalue weighted by molar-refractivity contribution is -0.0274. The molecule has 0 atom stereocenters. The van der Waals surface area contributed by atoms with Gasteiger partial charge in [-0.05, 0) is 42.3 Å². The van der Waals surface area contributed by atoms with E-state index in [1.807, 2.05) is 38.6 Å². The molecular weight excluding hydrogens is 418 g/mol. The second-order valence-electron chi connectivity index (χ2n) is 9.35. The normalized spacial score (nSPS) is 17.5. The van der Waals surface area contributed by atoms with Gasteiger partial charge >= 0.3 is 4.87 Å². The second kappa shape index (κ2) is 7.25. The predicted molar refractivity (Wildman–Crippen MR) is 129 cm³/mol. The fraction of sp³-hybridized carbons (Fsp3) is 0.320. The van der Waals surface area contributed by atoms with Crippen molar-refractivity contribution in [3.63, 3.8) is 0 Å². The van der Waals surface area contributed by atoms with Crippen LogP contribution in [0.5, 0.6) is 0 Å². The Balaban J connectivity index is 1.12. The molecule has 1 spiro atoms. The number of benzene rings is 1. The maximum absolute atomic E-state index is 12.0. The van der Waals surface area contributed by atoms with Crippen LogP contribution in [0.15, 0.2) is 59.8 Å². The van der Waals surface area contributed by atoms with Gasteiger partial charge in [-0.1, -0.05) is 23.5 Å². The quantitative estimate of drug-likeness (QED) is 0.482. The summed E-state index contributed by atoms with van der Waals surface area (Å²) in [5, 5.41) is 0. The first-order valence-electron chi connectivity index (χ1n) is 10.9. The minimum Gasteiger partial charge on any atom is -0.369 e. The molecule has 6 rings (SSSR count). The highest BCUT2D eigenvalue weighted by Gasteiger charge is 2.51. The van der Waals surface area contributed by atoms with Crippen molar-refractivity contribution in [2.24, 2.45) is 12.5 Å². The number of thiazole rings is 1. The van der Waals surface area contributed by atoms with E-state index in [9.17, 15) is 4.79 Å². The molecule has 5 heterocycles. The lowest BCUT2D eigenvalue weighted by Gasteiger charge is -2.61. The van der Waals surface area contributed by atoms with Gasteiger partial charge in [0.25, 0.3) is 0 Å². The van der Waals surface area contributed by atoms with Gasteiger partial charge < -0.3 is 9.47 Å². The molecule has 0 saturated carbocycles. The Morgan fingerprint density at radius 2 is 1.84 bits per heavy atom. The van der Waals surface area contributed by atoms with E-state index in [1.54, 1.807) is 4.57 Å². The zero-order chi connectivity index (χ0) is 21.9. The first-order valence-corrected chi connectivity index (χ1v) is 11.7. The number of hydrogen-bond donors (Lipinski definition) is 0. The van der Waals surface area contributed by atoms with Crippen LogP contribution in [-0.2, 0) is 13.6 Å². The highest BCUT2D eigenvalue weighted by molar-refractivity contribution is 7.16. The van der Waals surface area contributed by atoms with Crippen molar-refractivity contribution < 1.29 is 0 Å². The third-order valence-corrected chi connectivity index (χ3v) is 7.76. The highest BCUT2D eigenvalue weighted by Crippen LogP contribution is 2.42. The summed E-state index contributed by atoms with van der Waals surface area (Å²) in [7, 11) is 1.82. The Kier molecular flexibility index (Phi) is 4.45. The Hall–Kier alpha value is -3.03. The van der Waals surface area contributed by atoms with E-state index >= 15 is 0 Å². The molecule has 0 radical (unpaired) electrons. The summed E-state index contributed by atoms with van der Waals surface area (Å²) >= 11 is 1.29. The smallest absolute Gasteiger partial charge is 0.307 e. The number of fused-ring (bicyclic) bond motifs is 1. The number of pyridine rings is 2. The third-order valence-electron chi connectivity index (χ3n) is 6.76. The summed E-state index contributed by atoms with van der Waals surface area (Å²) in [5.41, 5.74) is 7.13. The van der Waals surface area contributed by atoms with Gasteiger partial charge in [0, 0.05) is 68.8 Å². The first-order chi connectivity index (χ1) is 15.5. The lowest BCUT2D eigenvalue weighted by atomic mass is 9.72. The van der Waals surface area contributed by atoms with Gasteiger partial charge in [0.15, 0.2) is 0 Å². The maximum atomic E-state index is 12.0. The summed E-state index contributed by atoms with van der Waals surface area (Å²) in [6.45, 7) is 7.47. The van der Waals surface area contributed by atoms with Gasteiger partial charge in [-0.25, -0.2) is 0 Å². The minimum atomic E-state index is 0.0723. The molecule has 0 amide bonds. The Morgan fingerprint density at radius 3 is 2.62 bits per heavy atom. The summed E-state index contributed by atoms with van der Waals surface area (Å²) in [4.78, 5) is 25.9. The summed E-state index contributed by atoms with van der Waals surface area (Å²) in [5.74, 6) is 0. The molecule has 2 fully saturated rings. The molecule has 3 aromatic heterocycles. The molecule has 2 aliphatic heterocycles. The van der Waals surface area contributed by atoms with Crippen LogP contribution in [0.1, 0.15) is 11.3 Å². The largest absolute Gasteiger partial charge is 0.369 e. The van der Waals surface area contributed by atoms with Gasteiger partial charge in [0.05, 0.1) is 22.1 Å². The number of rotatable bonds is 4. The Labute approximate surface area is 190 Å². The molecule has 0 N–H and O–H groups in total. The third kappa shape index (κ3) is 3.32. The van der Waals surface area contributed by atoms with Gasteiger partial charge in [0.1, 0.15) is 0 Å². The fourth-order valence-corrected chi connectivity index (χ4v) is 6.00. The van der Waals surface area contributed by atoms with E-state index in [-0.39, 0.29) is 4.87 Å². The molecule has 0 unspecified atom stereocenters. The monoisotopic (exact) mass is 443 g/mol. The van der Waals surface area contributed by atoms with Crippen molar-refractivity contribution in [2.45, 2.75) is 13.5 Å². The average Bonchev–Trinajstić information content (AvgIpc) is 3.03. The van der Waals surface area contributed by atoms with Crippen LogP contribution in [0.2, 0.25) is 0 Å². The van der Waals surface area contributed by atoms with Gasteiger partial charge in [-0.15, -0.1) is 0 Å². The number of nitrogens with zero attached hydrogens (tertiary/aromatic N) is 5. The highest BCUT2D eigenvalue weighted by atomic mass is 32.1. The van der Waals surface area contributed by atoms with Crippen molar-refractivity contribution in [3.8, 4) is 11.1 Å². The molecule has 2 saturated heterocycles. The van der Waals surface area contributed by atoms with E-state index in [0.29, 0.717) is 5.41 Å². The van der Waals surface area contributed by atoms with Crippen molar-refractivity contribution in [1.29, 1.82) is 0 Å². The Morgan fingerprint density at radius 1 is 1.00 bits per heavy atom. The van der Waals surface area contributed by atoms with Gasteiger partial charge in [-0.3, -0.25) is 19.7 Å². The Bertz CT molecular complexity index is 1360. The van der Waals surface area contributed by atoms with Crippen molar-refractivity contribution >= 4 is 27.2 Å². The summed E-state index contributed by atoms with van der Waals surface area (Å²) in [6, 6.07) is 12.7. The van der Waals surface area contributed by atoms with Crippen LogP contribution in [0.25, 0.3) is 21.3 Å². The predicted octanol–water partition coefficient (Wildman–Crippen LogP) is 3.69. The van der Waals surface area contributed by atoms with Crippen LogP contribution in [0.3, 0.4) is 0 Å². The number of hydrogen-bond acceptors (Lipinski definition) is 6. The molecular formula is C25H25N5OS. The van der Waals surface area contributed by atoms with E-state index in [1.165, 1.54) is 22.6 Å². The van der Waals surface area contributed by atoms with Gasteiger partial charge in [-0.2, -0.15) is 0 Å².